The van der Waals surface area contributed by atoms with Gasteiger partial charge in [-0.15, -0.1) is 0 Å². The summed E-state index contributed by atoms with van der Waals surface area (Å²) in [6.45, 7) is 0. The zero-order valence-corrected chi connectivity index (χ0v) is 21.1. The molecule has 0 spiro atoms. The van der Waals surface area contributed by atoms with Crippen molar-refractivity contribution in [1.82, 2.24) is 0 Å². The highest BCUT2D eigenvalue weighted by molar-refractivity contribution is 6.10. The zero-order chi connectivity index (χ0) is 26.9. The molecular weight excluding hydrogens is 489 g/mol. The van der Waals surface area contributed by atoms with Gasteiger partial charge < -0.3 is 14.2 Å². The van der Waals surface area contributed by atoms with Gasteiger partial charge in [0.1, 0.15) is 17.3 Å². The largest absolute Gasteiger partial charge is 0.493 e. The maximum Gasteiger partial charge on any atom is 0.272 e. The third kappa shape index (κ3) is 4.89. The number of Topliss-reactive ketones (excluding diaryl/α,β-unsaturated/α-hetero) is 2. The van der Waals surface area contributed by atoms with E-state index in [1.165, 1.54) is 32.5 Å². The summed E-state index contributed by atoms with van der Waals surface area (Å²) in [4.78, 5) is 26.0. The summed E-state index contributed by atoms with van der Waals surface area (Å²) in [6.07, 6.45) is 2.83. The summed E-state index contributed by atoms with van der Waals surface area (Å²) < 4.78 is 30.9. The van der Waals surface area contributed by atoms with E-state index in [1.54, 1.807) is 54.6 Å². The van der Waals surface area contributed by atoms with Crippen LogP contribution in [0.2, 0.25) is 0 Å². The number of benzene rings is 3. The van der Waals surface area contributed by atoms with Gasteiger partial charge in [0.25, 0.3) is 5.52 Å². The topological polar surface area (TPSA) is 85.9 Å². The minimum Gasteiger partial charge on any atom is -0.493 e. The number of ketones is 2. The first-order chi connectivity index (χ1) is 18.3. The van der Waals surface area contributed by atoms with Crippen LogP contribution in [0.4, 0.5) is 4.39 Å². The van der Waals surface area contributed by atoms with Crippen molar-refractivity contribution in [2.24, 2.45) is 5.41 Å². The lowest BCUT2D eigenvalue weighted by Gasteiger charge is -2.14. The Morgan fingerprint density at radius 2 is 1.39 bits per heavy atom. The highest BCUT2D eigenvalue weighted by Gasteiger charge is 2.54. The third-order valence-electron chi connectivity index (χ3n) is 6.99. The van der Waals surface area contributed by atoms with Gasteiger partial charge >= 0.3 is 0 Å². The average molecular weight is 517 g/mol. The minimum atomic E-state index is -0.938. The molecule has 7 nitrogen and oxygen atoms in total. The van der Waals surface area contributed by atoms with Crippen LogP contribution < -0.4 is 18.9 Å². The second kappa shape index (κ2) is 10.1. The quantitative estimate of drug-likeness (QED) is 0.181. The Hall–Kier alpha value is -4.46. The van der Waals surface area contributed by atoms with E-state index < -0.39 is 5.41 Å². The fraction of sp³-hybridized carbons (Fsp3) is 0.233. The lowest BCUT2D eigenvalue weighted by Crippen LogP contribution is -2.30. The number of rotatable bonds is 10. The molecule has 3 aromatic carbocycles. The predicted molar refractivity (Wildman–Crippen MR) is 136 cm³/mol. The van der Waals surface area contributed by atoms with E-state index in [9.17, 15) is 19.2 Å². The molecule has 1 aliphatic rings. The van der Waals surface area contributed by atoms with Crippen LogP contribution in [-0.4, -0.2) is 31.0 Å². The molecule has 1 saturated carbocycles. The molecule has 1 fully saturated rings. The Bertz CT molecular complexity index is 1510. The van der Waals surface area contributed by atoms with Crippen molar-refractivity contribution < 1.29 is 38.1 Å². The van der Waals surface area contributed by atoms with Crippen molar-refractivity contribution in [3.05, 3.63) is 89.9 Å². The number of pyridine rings is 1. The number of halogens is 1. The second-order valence-electron chi connectivity index (χ2n) is 9.40. The van der Waals surface area contributed by atoms with Crippen LogP contribution in [0, 0.1) is 11.2 Å². The van der Waals surface area contributed by atoms with Crippen molar-refractivity contribution in [2.45, 2.75) is 25.7 Å². The van der Waals surface area contributed by atoms with Crippen LogP contribution in [0.5, 0.6) is 23.0 Å². The normalized spacial score (nSPS) is 13.7. The van der Waals surface area contributed by atoms with E-state index in [4.69, 9.17) is 14.2 Å². The van der Waals surface area contributed by atoms with Crippen LogP contribution in [0.1, 0.15) is 24.0 Å². The van der Waals surface area contributed by atoms with Gasteiger partial charge in [0.2, 0.25) is 6.20 Å². The van der Waals surface area contributed by atoms with Gasteiger partial charge in [-0.2, -0.15) is 0 Å². The summed E-state index contributed by atoms with van der Waals surface area (Å²) in [6, 6.07) is 17.9. The maximum atomic E-state index is 13.2. The number of ether oxygens (including phenoxy) is 3. The van der Waals surface area contributed by atoms with Crippen LogP contribution in [-0.2, 0) is 22.4 Å². The number of nitrogens with zero attached hydrogens (tertiary/aromatic N) is 1. The fourth-order valence-electron chi connectivity index (χ4n) is 4.60. The molecule has 0 unspecified atom stereocenters. The summed E-state index contributed by atoms with van der Waals surface area (Å²) in [5.41, 5.74) is 1.02. The zero-order valence-electron chi connectivity index (χ0n) is 21.1. The van der Waals surface area contributed by atoms with E-state index in [2.05, 4.69) is 0 Å². The van der Waals surface area contributed by atoms with Gasteiger partial charge in [-0.3, -0.25) is 14.8 Å². The van der Waals surface area contributed by atoms with Gasteiger partial charge in [-0.1, -0.05) is 24.3 Å². The molecule has 0 amide bonds. The number of hydrogen-bond donors (Lipinski definition) is 1. The fourth-order valence-corrected chi connectivity index (χ4v) is 4.60. The Kier molecular flexibility index (Phi) is 6.72. The molecule has 4 aromatic rings. The molecule has 1 N–H and O–H groups in total. The molecule has 8 heteroatoms. The molecule has 194 valence electrons. The monoisotopic (exact) mass is 516 g/mol. The van der Waals surface area contributed by atoms with E-state index in [1.807, 2.05) is 0 Å². The standard InChI is InChI=1S/C30H27FNO6/c1-36-26-17-23-24(18-27(26)37-2)32(35)14-11-25(23)38-22-9-5-20(6-10-22)16-29(34)30(12-13-30)28(33)15-19-3-7-21(31)8-4-19/h3-11,14,17-18,35H,12-13,15-16H2,1-2H3/q+1. The van der Waals surface area contributed by atoms with Crippen LogP contribution in [0.3, 0.4) is 0 Å². The van der Waals surface area contributed by atoms with Crippen LogP contribution in [0.25, 0.3) is 10.9 Å². The van der Waals surface area contributed by atoms with Gasteiger partial charge in [-0.25, -0.2) is 4.39 Å². The second-order valence-corrected chi connectivity index (χ2v) is 9.40. The Labute approximate surface area is 219 Å². The average Bonchev–Trinajstić information content (AvgIpc) is 3.74. The smallest absolute Gasteiger partial charge is 0.272 e. The Balaban J connectivity index is 1.29. The molecule has 38 heavy (non-hydrogen) atoms. The third-order valence-corrected chi connectivity index (χ3v) is 6.99. The number of fused-ring (bicyclic) bond motifs is 1. The van der Waals surface area contributed by atoms with Crippen molar-refractivity contribution in [2.75, 3.05) is 14.2 Å². The molecule has 0 aliphatic heterocycles. The predicted octanol–water partition coefficient (Wildman–Crippen LogP) is 5.02. The molecule has 5 rings (SSSR count). The lowest BCUT2D eigenvalue weighted by molar-refractivity contribution is -0.884. The summed E-state index contributed by atoms with van der Waals surface area (Å²) in [7, 11) is 3.05. The Morgan fingerprint density at radius 1 is 0.842 bits per heavy atom. The van der Waals surface area contributed by atoms with Crippen LogP contribution >= 0.6 is 0 Å². The molecular formula is C30H27FNO6+. The lowest BCUT2D eigenvalue weighted by atomic mass is 9.88. The molecule has 0 atom stereocenters. The highest BCUT2D eigenvalue weighted by Crippen LogP contribution is 2.49. The summed E-state index contributed by atoms with van der Waals surface area (Å²) in [5, 5.41) is 10.9. The minimum absolute atomic E-state index is 0.0964. The van der Waals surface area contributed by atoms with Gasteiger partial charge in [0.15, 0.2) is 23.1 Å². The van der Waals surface area contributed by atoms with Gasteiger partial charge in [0.05, 0.1) is 37.2 Å². The molecule has 0 saturated heterocycles. The maximum absolute atomic E-state index is 13.2. The van der Waals surface area contributed by atoms with Gasteiger partial charge in [-0.05, 0) is 48.2 Å². The number of hydrogen-bond acceptors (Lipinski definition) is 6. The van der Waals surface area contributed by atoms with Crippen molar-refractivity contribution in [3.8, 4) is 23.0 Å². The molecule has 0 bridgehead atoms. The van der Waals surface area contributed by atoms with Crippen molar-refractivity contribution in [3.63, 3.8) is 0 Å². The number of carbonyl (C=O) groups is 2. The molecule has 1 aliphatic carbocycles. The summed E-state index contributed by atoms with van der Waals surface area (Å²) >= 11 is 0. The van der Waals surface area contributed by atoms with E-state index in [0.29, 0.717) is 52.3 Å². The first kappa shape index (κ1) is 25.2. The number of aromatic nitrogens is 1. The molecule has 1 aromatic heterocycles. The number of carbonyl (C=O) groups excluding carboxylic acids is 2. The summed E-state index contributed by atoms with van der Waals surface area (Å²) in [5.74, 6) is 1.44. The molecule has 0 radical (unpaired) electrons. The van der Waals surface area contributed by atoms with Crippen molar-refractivity contribution >= 4 is 22.5 Å². The van der Waals surface area contributed by atoms with Crippen LogP contribution in [0.15, 0.2) is 72.9 Å². The molecule has 1 heterocycles. The first-order valence-corrected chi connectivity index (χ1v) is 12.2. The van der Waals surface area contributed by atoms with E-state index in [0.717, 1.165) is 10.3 Å². The van der Waals surface area contributed by atoms with E-state index in [-0.39, 0.29) is 30.2 Å². The number of methoxy groups -OCH3 is 2. The SMILES string of the molecule is COc1cc2c(Oc3ccc(CC(=O)C4(C(=O)Cc5ccc(F)cc5)CC4)cc3)cc[n+](O)c2cc1OC. The van der Waals surface area contributed by atoms with E-state index >= 15 is 0 Å². The first-order valence-electron chi connectivity index (χ1n) is 12.2. The van der Waals surface area contributed by atoms with Crippen molar-refractivity contribution in [1.29, 1.82) is 0 Å². The Morgan fingerprint density at radius 3 is 1.95 bits per heavy atom. The van der Waals surface area contributed by atoms with Gasteiger partial charge in [0, 0.05) is 23.6 Å². The highest BCUT2D eigenvalue weighted by atomic mass is 19.1.